The molecule has 0 aromatic heterocycles. The number of aliphatic hydroxyl groups is 2. The van der Waals surface area contributed by atoms with E-state index in [1.54, 1.807) is 0 Å². The lowest BCUT2D eigenvalue weighted by molar-refractivity contribution is -0.387. The normalized spacial score (nSPS) is 13.0. The zero-order chi connectivity index (χ0) is 17.8. The molecule has 128 valence electrons. The Bertz CT molecular complexity index is 725. The Labute approximate surface area is 131 Å². The molecule has 0 aliphatic carbocycles. The van der Waals surface area contributed by atoms with Crippen LogP contribution in [0.25, 0.3) is 0 Å². The molecular weight excluding hydrogens is 332 g/mol. The maximum absolute atomic E-state index is 12.1. The van der Waals surface area contributed by atoms with Gasteiger partial charge >= 0.3 is 0 Å². The summed E-state index contributed by atoms with van der Waals surface area (Å²) in [6.45, 7) is -0.574. The topological polar surface area (TPSA) is 162 Å². The minimum Gasteiger partial charge on any atom is -0.861 e. The summed E-state index contributed by atoms with van der Waals surface area (Å²) >= 11 is 0. The van der Waals surface area contributed by atoms with Crippen LogP contribution in [0, 0.1) is 15.5 Å². The molecular formula is C12H15N2O8S-. The van der Waals surface area contributed by atoms with E-state index in [4.69, 9.17) is 14.9 Å². The van der Waals surface area contributed by atoms with Crippen molar-refractivity contribution >= 4 is 21.6 Å². The van der Waals surface area contributed by atoms with Crippen LogP contribution in [0.1, 0.15) is 6.92 Å². The molecule has 0 saturated carbocycles. The molecule has 10 nitrogen and oxygen atoms in total. The number of rotatable bonds is 7. The van der Waals surface area contributed by atoms with E-state index in [2.05, 4.69) is 4.40 Å². The van der Waals surface area contributed by atoms with Gasteiger partial charge in [0.1, 0.15) is 5.75 Å². The van der Waals surface area contributed by atoms with Crippen LogP contribution in [0.15, 0.2) is 27.5 Å². The molecule has 0 fully saturated rings. The van der Waals surface area contributed by atoms with Crippen LogP contribution in [0.4, 0.5) is 5.69 Å². The molecule has 0 aliphatic rings. The van der Waals surface area contributed by atoms with Crippen molar-refractivity contribution in [3.63, 3.8) is 0 Å². The zero-order valence-corrected chi connectivity index (χ0v) is 13.1. The van der Waals surface area contributed by atoms with Gasteiger partial charge in [0.15, 0.2) is 4.90 Å². The summed E-state index contributed by atoms with van der Waals surface area (Å²) in [4.78, 5) is 9.26. The zero-order valence-electron chi connectivity index (χ0n) is 12.3. The van der Waals surface area contributed by atoms with Gasteiger partial charge in [-0.3, -0.25) is 10.1 Å². The van der Waals surface area contributed by atoms with Crippen molar-refractivity contribution in [3.05, 3.63) is 28.3 Å². The smallest absolute Gasteiger partial charge is 0.293 e. The van der Waals surface area contributed by atoms with Crippen LogP contribution in [0.2, 0.25) is 0 Å². The molecule has 0 spiro atoms. The third-order valence-electron chi connectivity index (χ3n) is 3.06. The molecule has 2 N–H and O–H groups in total. The van der Waals surface area contributed by atoms with Gasteiger partial charge < -0.3 is 20.1 Å². The fourth-order valence-corrected chi connectivity index (χ4v) is 2.61. The largest absolute Gasteiger partial charge is 0.861 e. The molecule has 23 heavy (non-hydrogen) atoms. The Morgan fingerprint density at radius 1 is 1.39 bits per heavy atom. The third kappa shape index (κ3) is 3.94. The number of sulfonamides is 1. The molecule has 0 unspecified atom stereocenters. The number of nitro benzene ring substituents is 1. The number of hydrogen-bond acceptors (Lipinski definition) is 8. The van der Waals surface area contributed by atoms with Gasteiger partial charge in [0, 0.05) is 5.41 Å². The van der Waals surface area contributed by atoms with Gasteiger partial charge in [-0.25, -0.2) is 0 Å². The standard InChI is InChI=1S/C12H16N2O8S/c1-12(6-15,7-16)11(17)13-23(20,21)10-4-3-8(22-2)5-9(10)14(18)19/h3-5,15-16H,6-7H2,1-2H3,(H,13,17)/p-1. The highest BCUT2D eigenvalue weighted by Crippen LogP contribution is 2.30. The van der Waals surface area contributed by atoms with Crippen molar-refractivity contribution < 1.29 is 33.4 Å². The first-order valence-corrected chi connectivity index (χ1v) is 7.62. The van der Waals surface area contributed by atoms with E-state index in [9.17, 15) is 23.6 Å². The van der Waals surface area contributed by atoms with E-state index in [1.807, 2.05) is 0 Å². The summed E-state index contributed by atoms with van der Waals surface area (Å²) < 4.78 is 32.0. The molecule has 0 aliphatic heterocycles. The van der Waals surface area contributed by atoms with Crippen LogP contribution in [-0.2, 0) is 10.0 Å². The summed E-state index contributed by atoms with van der Waals surface area (Å²) in [5.74, 6) is -1.26. The molecule has 0 saturated heterocycles. The number of nitro groups is 1. The lowest BCUT2D eigenvalue weighted by Gasteiger charge is -2.30. The second-order valence-electron chi connectivity index (χ2n) is 4.84. The van der Waals surface area contributed by atoms with Crippen molar-refractivity contribution in [1.82, 2.24) is 0 Å². The van der Waals surface area contributed by atoms with Crippen molar-refractivity contribution in [3.8, 4) is 5.75 Å². The number of nitrogens with zero attached hydrogens (tertiary/aromatic N) is 2. The number of hydrogen-bond donors (Lipinski definition) is 2. The number of methoxy groups -OCH3 is 1. The molecule has 11 heteroatoms. The monoisotopic (exact) mass is 347 g/mol. The highest BCUT2D eigenvalue weighted by molar-refractivity contribution is 7.90. The van der Waals surface area contributed by atoms with Crippen molar-refractivity contribution in [2.24, 2.45) is 9.81 Å². The lowest BCUT2D eigenvalue weighted by Crippen LogP contribution is -2.43. The Balaban J connectivity index is 3.48. The molecule has 1 rings (SSSR count). The Kier molecular flexibility index (Phi) is 5.64. The van der Waals surface area contributed by atoms with Crippen LogP contribution in [-0.4, -0.2) is 49.8 Å². The number of benzene rings is 1. The molecule has 0 heterocycles. The SMILES string of the molecule is COc1ccc(S(=O)(=O)/N=C(\[O-])C(C)(CO)CO)c([N+](=O)[O-])c1. The maximum atomic E-state index is 12.1. The third-order valence-corrected chi connectivity index (χ3v) is 4.37. The average molecular weight is 347 g/mol. The molecule has 0 atom stereocenters. The van der Waals surface area contributed by atoms with Crippen molar-refractivity contribution in [2.75, 3.05) is 20.3 Å². The minimum absolute atomic E-state index is 0.0533. The molecule has 1 aromatic rings. The fourth-order valence-electron chi connectivity index (χ4n) is 1.44. The molecule has 0 bridgehead atoms. The average Bonchev–Trinajstić information content (AvgIpc) is 2.52. The van der Waals surface area contributed by atoms with E-state index in [1.165, 1.54) is 7.11 Å². The number of aliphatic hydroxyl groups excluding tert-OH is 2. The van der Waals surface area contributed by atoms with Gasteiger partial charge in [-0.2, -0.15) is 12.8 Å². The second-order valence-corrected chi connectivity index (χ2v) is 6.41. The van der Waals surface area contributed by atoms with E-state index < -0.39 is 50.1 Å². The van der Waals surface area contributed by atoms with Crippen molar-refractivity contribution in [2.45, 2.75) is 11.8 Å². The predicted octanol–water partition coefficient (Wildman–Crippen LogP) is -0.958. The van der Waals surface area contributed by atoms with E-state index in [-0.39, 0.29) is 5.75 Å². The summed E-state index contributed by atoms with van der Waals surface area (Å²) in [5, 5.41) is 41.0. The first-order valence-electron chi connectivity index (χ1n) is 6.18. The first kappa shape index (κ1) is 18.8. The molecule has 0 radical (unpaired) electrons. The van der Waals surface area contributed by atoms with E-state index in [0.717, 1.165) is 25.1 Å². The van der Waals surface area contributed by atoms with Crippen LogP contribution in [0.3, 0.4) is 0 Å². The Morgan fingerprint density at radius 2 is 1.96 bits per heavy atom. The Morgan fingerprint density at radius 3 is 2.39 bits per heavy atom. The lowest BCUT2D eigenvalue weighted by atomic mass is 9.93. The maximum Gasteiger partial charge on any atom is 0.293 e. The second kappa shape index (κ2) is 6.89. The van der Waals surface area contributed by atoms with Crippen LogP contribution >= 0.6 is 0 Å². The van der Waals surface area contributed by atoms with Gasteiger partial charge in [0.05, 0.1) is 31.3 Å². The predicted molar refractivity (Wildman–Crippen MR) is 76.5 cm³/mol. The van der Waals surface area contributed by atoms with Gasteiger partial charge in [-0.05, 0) is 18.0 Å². The summed E-state index contributed by atoms with van der Waals surface area (Å²) in [7, 11) is -3.46. The summed E-state index contributed by atoms with van der Waals surface area (Å²) in [5.41, 5.74) is -2.62. The van der Waals surface area contributed by atoms with Gasteiger partial charge in [0.25, 0.3) is 15.7 Å². The summed E-state index contributed by atoms with van der Waals surface area (Å²) in [6, 6.07) is 2.93. The highest BCUT2D eigenvalue weighted by atomic mass is 32.2. The van der Waals surface area contributed by atoms with Gasteiger partial charge in [0.2, 0.25) is 0 Å². The van der Waals surface area contributed by atoms with Gasteiger partial charge in [-0.1, -0.05) is 6.92 Å². The van der Waals surface area contributed by atoms with Crippen molar-refractivity contribution in [1.29, 1.82) is 0 Å². The van der Waals surface area contributed by atoms with Gasteiger partial charge in [-0.15, -0.1) is 0 Å². The molecule has 0 amide bonds. The van der Waals surface area contributed by atoms with Crippen LogP contribution < -0.4 is 9.84 Å². The molecule has 1 aromatic carbocycles. The fraction of sp³-hybridized carbons (Fsp3) is 0.417. The highest BCUT2D eigenvalue weighted by Gasteiger charge is 2.29. The van der Waals surface area contributed by atoms with E-state index >= 15 is 0 Å². The first-order chi connectivity index (χ1) is 10.6. The quantitative estimate of drug-likeness (QED) is 0.276. The van der Waals surface area contributed by atoms with E-state index in [0.29, 0.717) is 0 Å². The Hall–Kier alpha value is -2.24. The minimum atomic E-state index is -4.71. The summed E-state index contributed by atoms with van der Waals surface area (Å²) in [6.07, 6.45) is 0. The number of ether oxygens (including phenoxy) is 1. The van der Waals surface area contributed by atoms with Crippen LogP contribution in [0.5, 0.6) is 5.75 Å².